The minimum absolute atomic E-state index is 0.0324. The van der Waals surface area contributed by atoms with Crippen LogP contribution in [0, 0.1) is 23.2 Å². The Morgan fingerprint density at radius 2 is 1.69 bits per heavy atom. The number of pyridine rings is 1. The third kappa shape index (κ3) is 10.5. The molecule has 1 aliphatic heterocycles. The van der Waals surface area contributed by atoms with E-state index < -0.39 is 30.2 Å². The fraction of sp³-hybridized carbons (Fsp3) is 0.429. The summed E-state index contributed by atoms with van der Waals surface area (Å²) < 4.78 is 50.0. The molecule has 1 saturated carbocycles. The lowest BCUT2D eigenvalue weighted by atomic mass is 10.00. The first-order valence-corrected chi connectivity index (χ1v) is 19.4. The van der Waals surface area contributed by atoms with Gasteiger partial charge in [0.05, 0.1) is 36.9 Å². The van der Waals surface area contributed by atoms with Crippen molar-refractivity contribution in [1.29, 1.82) is 0 Å². The van der Waals surface area contributed by atoms with E-state index in [1.165, 1.54) is 25.4 Å². The number of rotatable bonds is 14. The second kappa shape index (κ2) is 17.4. The summed E-state index contributed by atoms with van der Waals surface area (Å²) in [5, 5.41) is 11.3. The fourth-order valence-corrected chi connectivity index (χ4v) is 7.21. The van der Waals surface area contributed by atoms with Crippen LogP contribution in [-0.4, -0.2) is 82.8 Å². The maximum Gasteiger partial charge on any atom is 0.573 e. The van der Waals surface area contributed by atoms with Gasteiger partial charge in [0.2, 0.25) is 11.8 Å². The number of imidazole rings is 1. The summed E-state index contributed by atoms with van der Waals surface area (Å²) in [4.78, 5) is 64.9. The number of ether oxygens (including phenoxy) is 2. The number of benzene rings is 2. The van der Waals surface area contributed by atoms with Crippen LogP contribution < -0.4 is 26.0 Å². The number of hydrogen-bond donors (Lipinski definition) is 5. The van der Waals surface area contributed by atoms with E-state index in [9.17, 15) is 32.3 Å². The number of anilines is 2. The van der Waals surface area contributed by atoms with Crippen molar-refractivity contribution >= 4 is 35.3 Å². The van der Waals surface area contributed by atoms with Crippen LogP contribution >= 0.6 is 0 Å². The number of alkyl halides is 3. The molecule has 0 bridgehead atoms. The first-order chi connectivity index (χ1) is 27.9. The normalized spacial score (nSPS) is 18.8. The predicted octanol–water partition coefficient (Wildman–Crippen LogP) is 7.15. The van der Waals surface area contributed by atoms with Crippen molar-refractivity contribution < 1.29 is 41.8 Å². The zero-order valence-corrected chi connectivity index (χ0v) is 33.7. The third-order valence-corrected chi connectivity index (χ3v) is 10.7. The first-order valence-electron chi connectivity index (χ1n) is 19.4. The van der Waals surface area contributed by atoms with E-state index in [-0.39, 0.29) is 52.2 Å². The molecule has 2 aromatic carbocycles. The van der Waals surface area contributed by atoms with Gasteiger partial charge in [0, 0.05) is 36.7 Å². The molecule has 59 heavy (non-hydrogen) atoms. The molecule has 4 amide bonds. The van der Waals surface area contributed by atoms with Gasteiger partial charge in [-0.25, -0.2) is 14.8 Å². The van der Waals surface area contributed by atoms with Crippen molar-refractivity contribution in [1.82, 2.24) is 30.5 Å². The molecule has 2 aromatic heterocycles. The number of aromatic amines is 1. The van der Waals surface area contributed by atoms with Gasteiger partial charge in [-0.1, -0.05) is 58.9 Å². The first kappa shape index (κ1) is 42.5. The highest BCUT2D eigenvalue weighted by atomic mass is 19.4. The van der Waals surface area contributed by atoms with Crippen LogP contribution in [0.5, 0.6) is 5.75 Å². The Morgan fingerprint density at radius 3 is 2.32 bits per heavy atom. The van der Waals surface area contributed by atoms with E-state index in [0.717, 1.165) is 12.5 Å². The summed E-state index contributed by atoms with van der Waals surface area (Å²) in [5.41, 5.74) is 2.14. The summed E-state index contributed by atoms with van der Waals surface area (Å²) in [6.45, 7) is 11.2. The van der Waals surface area contributed by atoms with E-state index in [2.05, 4.69) is 54.8 Å². The third-order valence-electron chi connectivity index (χ3n) is 10.7. The molecular weight excluding hydrogens is 770 g/mol. The fourth-order valence-electron chi connectivity index (χ4n) is 7.21. The SMILES string of the molecule is COC(=O)N[C@H](C(=O)N1C[C@@H](C)C[C@H]1c1ncc(-c2ccc(-c3ccc(C(=O)Nc4ccc(NCCNC(=O)[C@H]5CC5(C)C)nc4)cc3OC(F)(F)F)cc2)[nH]1)C(C)C. The van der Waals surface area contributed by atoms with Gasteiger partial charge in [-0.2, -0.15) is 0 Å². The van der Waals surface area contributed by atoms with Crippen LogP contribution in [0.3, 0.4) is 0 Å². The lowest BCUT2D eigenvalue weighted by Gasteiger charge is -2.30. The average molecular weight is 819 g/mol. The Bertz CT molecular complexity index is 2160. The Kier molecular flexibility index (Phi) is 12.5. The van der Waals surface area contributed by atoms with Gasteiger partial charge < -0.3 is 40.6 Å². The number of carbonyl (C=O) groups is 4. The Balaban J connectivity index is 1.11. The quantitative estimate of drug-likeness (QED) is 0.0826. The topological polar surface area (TPSA) is 180 Å². The summed E-state index contributed by atoms with van der Waals surface area (Å²) in [6, 6.07) is 12.6. The number of nitrogens with zero attached hydrogens (tertiary/aromatic N) is 3. The van der Waals surface area contributed by atoms with Crippen molar-refractivity contribution in [3.63, 3.8) is 0 Å². The lowest BCUT2D eigenvalue weighted by Crippen LogP contribution is -2.51. The molecular formula is C42H49F3N8O6. The molecule has 14 nitrogen and oxygen atoms in total. The Morgan fingerprint density at radius 1 is 0.983 bits per heavy atom. The molecule has 0 radical (unpaired) electrons. The predicted molar refractivity (Wildman–Crippen MR) is 214 cm³/mol. The number of alkyl carbamates (subject to hydrolysis) is 1. The molecule has 4 atom stereocenters. The molecule has 0 unspecified atom stereocenters. The molecule has 4 aromatic rings. The Labute approximate surface area is 340 Å². The van der Waals surface area contributed by atoms with E-state index in [4.69, 9.17) is 4.74 Å². The van der Waals surface area contributed by atoms with Crippen molar-refractivity contribution in [3.05, 3.63) is 78.4 Å². The second-order valence-corrected chi connectivity index (χ2v) is 16.1. The molecule has 17 heteroatoms. The van der Waals surface area contributed by atoms with Crippen molar-refractivity contribution in [2.45, 2.75) is 65.9 Å². The largest absolute Gasteiger partial charge is 0.573 e. The van der Waals surface area contributed by atoms with Crippen LogP contribution in [0.25, 0.3) is 22.4 Å². The molecule has 6 rings (SSSR count). The minimum Gasteiger partial charge on any atom is -0.453 e. The number of hydrogen-bond acceptors (Lipinski definition) is 9. The molecule has 314 valence electrons. The number of amides is 4. The van der Waals surface area contributed by atoms with Crippen LogP contribution in [-0.2, 0) is 14.3 Å². The summed E-state index contributed by atoms with van der Waals surface area (Å²) in [6.07, 6.45) is -1.16. The number of methoxy groups -OCH3 is 1. The second-order valence-electron chi connectivity index (χ2n) is 16.1. The van der Waals surface area contributed by atoms with Gasteiger partial charge in [0.15, 0.2) is 0 Å². The zero-order valence-electron chi connectivity index (χ0n) is 33.7. The summed E-state index contributed by atoms with van der Waals surface area (Å²) in [7, 11) is 1.24. The molecule has 1 aliphatic carbocycles. The Hall–Kier alpha value is -6.13. The van der Waals surface area contributed by atoms with E-state index >= 15 is 0 Å². The van der Waals surface area contributed by atoms with E-state index in [1.54, 1.807) is 47.5 Å². The van der Waals surface area contributed by atoms with Gasteiger partial charge in [0.1, 0.15) is 23.4 Å². The number of likely N-dealkylation sites (tertiary alicyclic amines) is 1. The monoisotopic (exact) mass is 818 g/mol. The number of aromatic nitrogens is 3. The number of H-pyrrole nitrogens is 1. The molecule has 2 fully saturated rings. The average Bonchev–Trinajstić information content (AvgIpc) is 3.47. The van der Waals surface area contributed by atoms with Gasteiger partial charge in [-0.3, -0.25) is 14.4 Å². The minimum atomic E-state index is -5.03. The zero-order chi connectivity index (χ0) is 42.6. The van der Waals surface area contributed by atoms with E-state index in [1.807, 2.05) is 20.8 Å². The lowest BCUT2D eigenvalue weighted by molar-refractivity contribution is -0.274. The molecule has 3 heterocycles. The van der Waals surface area contributed by atoms with Crippen molar-refractivity contribution in [2.24, 2.45) is 23.2 Å². The molecule has 2 aliphatic rings. The molecule has 1 saturated heterocycles. The van der Waals surface area contributed by atoms with Gasteiger partial charge >= 0.3 is 12.5 Å². The standard InChI is InChI=1S/C42H49F3N8O6/c1-23(2)35(52-40(57)58-6)39(56)53-22-24(3)17-32(53)36-49-21-31(51-36)26-9-7-25(8-10-26)29-13-11-27(18-33(29)59-42(43,44)45)37(54)50-28-12-14-34(48-20-28)46-15-16-47-38(55)30-19-41(30,4)5/h7-14,18,20-21,23-24,30,32,35H,15-17,19,22H2,1-6H3,(H,46,48)(H,47,55)(H,49,51)(H,50,54)(H,52,57)/t24-,30+,32-,35-/m0/s1. The summed E-state index contributed by atoms with van der Waals surface area (Å²) >= 11 is 0. The van der Waals surface area contributed by atoms with Crippen molar-refractivity contribution in [3.8, 4) is 28.1 Å². The van der Waals surface area contributed by atoms with Crippen LogP contribution in [0.2, 0.25) is 0 Å². The smallest absolute Gasteiger partial charge is 0.453 e. The highest BCUT2D eigenvalue weighted by molar-refractivity contribution is 6.05. The van der Waals surface area contributed by atoms with Gasteiger partial charge in [-0.15, -0.1) is 13.2 Å². The highest BCUT2D eigenvalue weighted by Gasteiger charge is 2.50. The number of halogens is 3. The number of nitrogens with one attached hydrogen (secondary N) is 5. The summed E-state index contributed by atoms with van der Waals surface area (Å²) in [5.74, 6) is -0.331. The maximum absolute atomic E-state index is 13.7. The van der Waals surface area contributed by atoms with Crippen LogP contribution in [0.1, 0.15) is 69.7 Å². The maximum atomic E-state index is 13.7. The molecule has 5 N–H and O–H groups in total. The van der Waals surface area contributed by atoms with Crippen LogP contribution in [0.4, 0.5) is 29.5 Å². The van der Waals surface area contributed by atoms with Gasteiger partial charge in [-0.05, 0) is 71.6 Å². The van der Waals surface area contributed by atoms with E-state index in [0.29, 0.717) is 60.2 Å². The molecule has 0 spiro atoms. The van der Waals surface area contributed by atoms with Crippen molar-refractivity contribution in [2.75, 3.05) is 37.4 Å². The number of carbonyl (C=O) groups excluding carboxylic acids is 4. The highest BCUT2D eigenvalue weighted by Crippen LogP contribution is 2.51. The van der Waals surface area contributed by atoms with Gasteiger partial charge in [0.25, 0.3) is 5.91 Å². The van der Waals surface area contributed by atoms with Crippen LogP contribution in [0.15, 0.2) is 67.0 Å².